The Kier molecular flexibility index (Phi) is 25.1. The van der Waals surface area contributed by atoms with Crippen LogP contribution >= 0.6 is 0 Å². The van der Waals surface area contributed by atoms with Gasteiger partial charge < -0.3 is 32.5 Å². The molecule has 140 valence electrons. The molecular formula is C16H39N5O2. The highest BCUT2D eigenvalue weighted by atomic mass is 16.4. The number of nitrogens with one attached hydrogen (secondary N) is 3. The molecule has 0 saturated heterocycles. The minimum absolute atomic E-state index is 0.337. The van der Waals surface area contributed by atoms with E-state index >= 15 is 0 Å². The summed E-state index contributed by atoms with van der Waals surface area (Å²) in [4.78, 5) is 10.0. The molecule has 0 amide bonds. The van der Waals surface area contributed by atoms with E-state index in [9.17, 15) is 4.79 Å². The van der Waals surface area contributed by atoms with Crippen molar-refractivity contribution in [2.75, 3.05) is 52.4 Å². The second kappa shape index (κ2) is 23.5. The quantitative estimate of drug-likeness (QED) is 0.221. The minimum atomic E-state index is -0.670. The van der Waals surface area contributed by atoms with Gasteiger partial charge in [-0.1, -0.05) is 32.6 Å². The van der Waals surface area contributed by atoms with Gasteiger partial charge in [-0.3, -0.25) is 4.79 Å². The fraction of sp³-hybridized carbons (Fsp3) is 0.938. The van der Waals surface area contributed by atoms with Crippen LogP contribution in [0.15, 0.2) is 0 Å². The van der Waals surface area contributed by atoms with Crippen LogP contribution in [0.25, 0.3) is 0 Å². The molecule has 7 nitrogen and oxygen atoms in total. The molecule has 0 aromatic rings. The van der Waals surface area contributed by atoms with Gasteiger partial charge >= 0.3 is 5.97 Å². The van der Waals surface area contributed by atoms with Crippen molar-refractivity contribution >= 4 is 5.97 Å². The summed E-state index contributed by atoms with van der Waals surface area (Å²) < 4.78 is 0. The average molecular weight is 334 g/mol. The predicted molar refractivity (Wildman–Crippen MR) is 97.7 cm³/mol. The van der Waals surface area contributed by atoms with Crippen LogP contribution in [0.5, 0.6) is 0 Å². The molecule has 0 bridgehead atoms. The number of carboxylic acids is 1. The van der Waals surface area contributed by atoms with Gasteiger partial charge in [-0.25, -0.2) is 0 Å². The van der Waals surface area contributed by atoms with Crippen LogP contribution in [0.3, 0.4) is 0 Å². The second-order valence-electron chi connectivity index (χ2n) is 5.39. The SMILES string of the molecule is CCCCCCCC(=O)O.NCCNCCNCCNCCN. The molecule has 23 heavy (non-hydrogen) atoms. The van der Waals surface area contributed by atoms with Gasteiger partial charge in [-0.2, -0.15) is 0 Å². The van der Waals surface area contributed by atoms with E-state index < -0.39 is 5.97 Å². The first-order valence-electron chi connectivity index (χ1n) is 8.93. The second-order valence-corrected chi connectivity index (χ2v) is 5.39. The van der Waals surface area contributed by atoms with Crippen molar-refractivity contribution in [1.82, 2.24) is 16.0 Å². The molecule has 0 aliphatic rings. The molecule has 0 unspecified atom stereocenters. The minimum Gasteiger partial charge on any atom is -0.481 e. The van der Waals surface area contributed by atoms with Crippen molar-refractivity contribution in [2.24, 2.45) is 11.5 Å². The van der Waals surface area contributed by atoms with Crippen LogP contribution in [0, 0.1) is 0 Å². The molecule has 0 rings (SSSR count). The van der Waals surface area contributed by atoms with Gasteiger partial charge in [0.25, 0.3) is 0 Å². The zero-order valence-corrected chi connectivity index (χ0v) is 14.9. The number of carbonyl (C=O) groups is 1. The van der Waals surface area contributed by atoms with Crippen LogP contribution in [-0.2, 0) is 4.79 Å². The maximum Gasteiger partial charge on any atom is 0.303 e. The summed E-state index contributed by atoms with van der Waals surface area (Å²) in [6, 6.07) is 0. The molecule has 0 radical (unpaired) electrons. The molecule has 0 atom stereocenters. The molecule has 0 aliphatic heterocycles. The maximum atomic E-state index is 10.0. The standard InChI is InChI=1S/C8H23N5.C8H16O2/c9-1-3-11-5-7-13-8-6-12-4-2-10;1-2-3-4-5-6-7-8(9)10/h11-13H,1-10H2;2-7H2,1H3,(H,9,10). The van der Waals surface area contributed by atoms with Crippen LogP contribution in [-0.4, -0.2) is 63.4 Å². The van der Waals surface area contributed by atoms with Gasteiger partial charge in [0.05, 0.1) is 0 Å². The van der Waals surface area contributed by atoms with Crippen molar-refractivity contribution < 1.29 is 9.90 Å². The molecule has 0 aromatic heterocycles. The third kappa shape index (κ3) is 29.8. The summed E-state index contributed by atoms with van der Waals surface area (Å²) in [5.41, 5.74) is 10.6. The Hall–Kier alpha value is -0.730. The summed E-state index contributed by atoms with van der Waals surface area (Å²) in [6.07, 6.45) is 5.88. The highest BCUT2D eigenvalue weighted by molar-refractivity contribution is 5.66. The number of hydrogen-bond acceptors (Lipinski definition) is 6. The van der Waals surface area contributed by atoms with Gasteiger partial charge in [0, 0.05) is 58.8 Å². The number of carboxylic acid groups (broad SMARTS) is 1. The molecule has 0 heterocycles. The van der Waals surface area contributed by atoms with E-state index in [1.54, 1.807) is 0 Å². The van der Waals surface area contributed by atoms with E-state index in [0.29, 0.717) is 19.5 Å². The fourth-order valence-corrected chi connectivity index (χ4v) is 1.81. The number of nitrogens with two attached hydrogens (primary N) is 2. The van der Waals surface area contributed by atoms with Crippen LogP contribution < -0.4 is 27.4 Å². The van der Waals surface area contributed by atoms with Crippen molar-refractivity contribution in [2.45, 2.75) is 45.4 Å². The summed E-state index contributed by atoms with van der Waals surface area (Å²) >= 11 is 0. The Balaban J connectivity index is 0. The third-order valence-electron chi connectivity index (χ3n) is 3.09. The smallest absolute Gasteiger partial charge is 0.303 e. The van der Waals surface area contributed by atoms with Crippen molar-refractivity contribution in [1.29, 1.82) is 0 Å². The molecule has 8 N–H and O–H groups in total. The van der Waals surface area contributed by atoms with Gasteiger partial charge in [0.1, 0.15) is 0 Å². The first-order chi connectivity index (χ1) is 11.2. The van der Waals surface area contributed by atoms with Crippen molar-refractivity contribution in [3.05, 3.63) is 0 Å². The largest absolute Gasteiger partial charge is 0.481 e. The monoisotopic (exact) mass is 333 g/mol. The Labute approximate surface area is 142 Å². The van der Waals surface area contributed by atoms with E-state index in [4.69, 9.17) is 16.6 Å². The topological polar surface area (TPSA) is 125 Å². The highest BCUT2D eigenvalue weighted by Gasteiger charge is 1.94. The van der Waals surface area contributed by atoms with Crippen molar-refractivity contribution in [3.8, 4) is 0 Å². The maximum absolute atomic E-state index is 10.0. The van der Waals surface area contributed by atoms with E-state index in [0.717, 1.165) is 52.1 Å². The molecular weight excluding hydrogens is 294 g/mol. The van der Waals surface area contributed by atoms with Gasteiger partial charge in [0.15, 0.2) is 0 Å². The van der Waals surface area contributed by atoms with E-state index in [1.165, 1.54) is 19.3 Å². The Morgan fingerprint density at radius 3 is 1.61 bits per heavy atom. The third-order valence-corrected chi connectivity index (χ3v) is 3.09. The van der Waals surface area contributed by atoms with Crippen molar-refractivity contribution in [3.63, 3.8) is 0 Å². The van der Waals surface area contributed by atoms with Crippen LogP contribution in [0.2, 0.25) is 0 Å². The number of hydrogen-bond donors (Lipinski definition) is 6. The lowest BCUT2D eigenvalue weighted by molar-refractivity contribution is -0.137. The summed E-state index contributed by atoms with van der Waals surface area (Å²) in [5, 5.41) is 18.0. The van der Waals surface area contributed by atoms with Gasteiger partial charge in [-0.15, -0.1) is 0 Å². The Morgan fingerprint density at radius 1 is 0.783 bits per heavy atom. The molecule has 0 saturated carbocycles. The predicted octanol–water partition coefficient (Wildman–Crippen LogP) is 0.104. The number of rotatable bonds is 16. The molecule has 0 fully saturated rings. The summed E-state index contributed by atoms with van der Waals surface area (Å²) in [7, 11) is 0. The lowest BCUT2D eigenvalue weighted by atomic mass is 10.1. The average Bonchev–Trinajstić information content (AvgIpc) is 2.53. The number of unbranched alkanes of at least 4 members (excludes halogenated alkanes) is 4. The zero-order valence-electron chi connectivity index (χ0n) is 14.9. The fourth-order valence-electron chi connectivity index (χ4n) is 1.81. The first-order valence-corrected chi connectivity index (χ1v) is 8.93. The van der Waals surface area contributed by atoms with E-state index in [-0.39, 0.29) is 0 Å². The lowest BCUT2D eigenvalue weighted by Crippen LogP contribution is -2.35. The molecule has 0 aromatic carbocycles. The molecule has 7 heteroatoms. The van der Waals surface area contributed by atoms with E-state index in [1.807, 2.05) is 0 Å². The number of aliphatic carboxylic acids is 1. The lowest BCUT2D eigenvalue weighted by Gasteiger charge is -2.06. The van der Waals surface area contributed by atoms with Crippen LogP contribution in [0.1, 0.15) is 45.4 Å². The Morgan fingerprint density at radius 2 is 1.22 bits per heavy atom. The Bertz CT molecular complexity index is 221. The normalized spacial score (nSPS) is 10.2. The van der Waals surface area contributed by atoms with Crippen LogP contribution in [0.4, 0.5) is 0 Å². The van der Waals surface area contributed by atoms with Gasteiger partial charge in [0.2, 0.25) is 0 Å². The summed E-state index contributed by atoms with van der Waals surface area (Å²) in [5.74, 6) is -0.670. The summed E-state index contributed by atoms with van der Waals surface area (Å²) in [6.45, 7) is 9.30. The zero-order chi connectivity index (χ0) is 17.6. The van der Waals surface area contributed by atoms with E-state index in [2.05, 4.69) is 22.9 Å². The molecule has 0 spiro atoms. The highest BCUT2D eigenvalue weighted by Crippen LogP contribution is 2.04. The van der Waals surface area contributed by atoms with Gasteiger partial charge in [-0.05, 0) is 6.42 Å². The molecule has 0 aliphatic carbocycles. The first kappa shape index (κ1) is 24.5.